The van der Waals surface area contributed by atoms with Gasteiger partial charge >= 0.3 is 0 Å². The fourth-order valence-corrected chi connectivity index (χ4v) is 6.51. The van der Waals surface area contributed by atoms with Crippen molar-refractivity contribution in [1.82, 2.24) is 14.7 Å². The molecule has 0 N–H and O–H groups in total. The van der Waals surface area contributed by atoms with Gasteiger partial charge in [-0.05, 0) is 56.7 Å². The van der Waals surface area contributed by atoms with Crippen molar-refractivity contribution in [2.24, 2.45) is 0 Å². The summed E-state index contributed by atoms with van der Waals surface area (Å²) in [6, 6.07) is 5.83. The lowest BCUT2D eigenvalue weighted by Gasteiger charge is -2.33. The quantitative estimate of drug-likeness (QED) is 0.405. The van der Waals surface area contributed by atoms with E-state index in [-0.39, 0.29) is 35.8 Å². The van der Waals surface area contributed by atoms with Crippen LogP contribution in [0.1, 0.15) is 141 Å². The van der Waals surface area contributed by atoms with Crippen molar-refractivity contribution in [1.29, 1.82) is 0 Å². The molecule has 0 aliphatic heterocycles. The molecule has 212 valence electrons. The molecule has 6 nitrogen and oxygen atoms in total. The van der Waals surface area contributed by atoms with Gasteiger partial charge in [-0.1, -0.05) is 71.6 Å². The summed E-state index contributed by atoms with van der Waals surface area (Å²) in [7, 11) is 5.61. The minimum Gasteiger partial charge on any atom is -0.339 e. The molecular formula is C32H51N3O3. The van der Waals surface area contributed by atoms with Gasteiger partial charge in [-0.15, -0.1) is 0 Å². The molecule has 0 radical (unpaired) electrons. The van der Waals surface area contributed by atoms with E-state index < -0.39 is 0 Å². The fraction of sp³-hybridized carbons (Fsp3) is 0.719. The molecule has 0 bridgehead atoms. The molecule has 6 heteroatoms. The summed E-state index contributed by atoms with van der Waals surface area (Å²) >= 11 is 0. The van der Waals surface area contributed by atoms with Crippen LogP contribution in [-0.2, 0) is 0 Å². The molecule has 3 aliphatic carbocycles. The van der Waals surface area contributed by atoms with E-state index in [4.69, 9.17) is 0 Å². The molecule has 3 aliphatic rings. The van der Waals surface area contributed by atoms with Crippen LogP contribution in [0.2, 0.25) is 0 Å². The van der Waals surface area contributed by atoms with Crippen molar-refractivity contribution in [2.45, 2.75) is 128 Å². The summed E-state index contributed by atoms with van der Waals surface area (Å²) < 4.78 is 0. The minimum atomic E-state index is -0.0914. The third-order valence-corrected chi connectivity index (χ3v) is 9.00. The third kappa shape index (κ3) is 7.39. The van der Waals surface area contributed by atoms with Gasteiger partial charge in [0.25, 0.3) is 17.7 Å². The van der Waals surface area contributed by atoms with E-state index in [1.54, 1.807) is 18.2 Å². The predicted molar refractivity (Wildman–Crippen MR) is 155 cm³/mol. The molecule has 3 amide bonds. The summed E-state index contributed by atoms with van der Waals surface area (Å²) in [4.78, 5) is 46.4. The maximum Gasteiger partial charge on any atom is 0.253 e. The second-order valence-electron chi connectivity index (χ2n) is 11.4. The molecule has 0 aromatic heterocycles. The van der Waals surface area contributed by atoms with E-state index in [1.165, 1.54) is 19.3 Å². The lowest BCUT2D eigenvalue weighted by atomic mass is 9.92. The van der Waals surface area contributed by atoms with Crippen molar-refractivity contribution < 1.29 is 14.4 Å². The molecule has 0 spiro atoms. The molecule has 0 atom stereocenters. The number of nitrogens with zero attached hydrogens (tertiary/aromatic N) is 3. The monoisotopic (exact) mass is 525 g/mol. The maximum absolute atomic E-state index is 13.6. The lowest BCUT2D eigenvalue weighted by molar-refractivity contribution is 0.0692. The highest BCUT2D eigenvalue weighted by Gasteiger charge is 2.29. The van der Waals surface area contributed by atoms with E-state index in [2.05, 4.69) is 0 Å². The van der Waals surface area contributed by atoms with Crippen LogP contribution < -0.4 is 0 Å². The zero-order valence-corrected chi connectivity index (χ0v) is 24.6. The molecule has 0 heterocycles. The van der Waals surface area contributed by atoms with Gasteiger partial charge < -0.3 is 14.7 Å². The van der Waals surface area contributed by atoms with Crippen molar-refractivity contribution in [3.05, 3.63) is 34.9 Å². The normalized spacial score (nSPS) is 19.2. The Morgan fingerprint density at radius 2 is 0.684 bits per heavy atom. The third-order valence-electron chi connectivity index (χ3n) is 9.00. The van der Waals surface area contributed by atoms with Gasteiger partial charge in [-0.3, -0.25) is 14.4 Å². The van der Waals surface area contributed by atoms with Gasteiger partial charge in [0.05, 0.1) is 0 Å². The van der Waals surface area contributed by atoms with Gasteiger partial charge in [0.1, 0.15) is 0 Å². The first-order valence-corrected chi connectivity index (χ1v) is 15.3. The average molecular weight is 526 g/mol. The Labute approximate surface area is 231 Å². The topological polar surface area (TPSA) is 60.9 Å². The van der Waals surface area contributed by atoms with Crippen LogP contribution in [0.5, 0.6) is 0 Å². The zero-order chi connectivity index (χ0) is 27.7. The number of hydrogen-bond acceptors (Lipinski definition) is 3. The molecule has 0 unspecified atom stereocenters. The van der Waals surface area contributed by atoms with Crippen LogP contribution >= 0.6 is 0 Å². The number of hydrogen-bond donors (Lipinski definition) is 0. The van der Waals surface area contributed by atoms with Crippen molar-refractivity contribution in [2.75, 3.05) is 21.1 Å². The number of benzene rings is 1. The van der Waals surface area contributed by atoms with Gasteiger partial charge in [0.2, 0.25) is 0 Å². The molecule has 1 aromatic rings. The van der Waals surface area contributed by atoms with Crippen LogP contribution in [0.25, 0.3) is 0 Å². The summed E-state index contributed by atoms with van der Waals surface area (Å²) in [6.07, 6.45) is 16.6. The lowest BCUT2D eigenvalue weighted by Crippen LogP contribution is -2.40. The van der Waals surface area contributed by atoms with Crippen molar-refractivity contribution in [3.63, 3.8) is 0 Å². The highest BCUT2D eigenvalue weighted by atomic mass is 16.2. The van der Waals surface area contributed by atoms with Gasteiger partial charge in [0.15, 0.2) is 0 Å². The second-order valence-corrected chi connectivity index (χ2v) is 11.4. The molecule has 4 rings (SSSR count). The highest BCUT2D eigenvalue weighted by Crippen LogP contribution is 2.27. The van der Waals surface area contributed by atoms with Crippen LogP contribution in [0.3, 0.4) is 0 Å². The predicted octanol–water partition coefficient (Wildman–Crippen LogP) is 6.93. The summed E-state index contributed by atoms with van der Waals surface area (Å²) in [6.45, 7) is 4.00. The van der Waals surface area contributed by atoms with E-state index in [1.807, 2.05) is 49.7 Å². The summed E-state index contributed by atoms with van der Waals surface area (Å²) in [5.74, 6) is -0.274. The minimum absolute atomic E-state index is 0.0914. The zero-order valence-electron chi connectivity index (χ0n) is 24.6. The summed E-state index contributed by atoms with van der Waals surface area (Å²) in [5.41, 5.74) is 1.35. The van der Waals surface area contributed by atoms with E-state index in [0.717, 1.165) is 77.0 Å². The van der Waals surface area contributed by atoms with Crippen molar-refractivity contribution >= 4 is 17.7 Å². The number of carbonyl (C=O) groups excluding carboxylic acids is 3. The fourth-order valence-electron chi connectivity index (χ4n) is 6.51. The molecule has 38 heavy (non-hydrogen) atoms. The first kappa shape index (κ1) is 30.2. The first-order chi connectivity index (χ1) is 18.4. The van der Waals surface area contributed by atoms with E-state index in [0.29, 0.717) is 16.7 Å². The van der Waals surface area contributed by atoms with Crippen LogP contribution in [0.4, 0.5) is 0 Å². The summed E-state index contributed by atoms with van der Waals surface area (Å²) in [5, 5.41) is 0. The van der Waals surface area contributed by atoms with E-state index >= 15 is 0 Å². The Bertz CT molecular complexity index is 797. The Hall–Kier alpha value is -2.37. The standard InChI is InChI=1S/C30H45N3O3.C2H6/c1-31(25-13-7-4-8-14-25)28(34)22-19-23(29(35)32(2)26-15-9-5-10-16-26)21-24(20-22)30(36)33(3)27-17-11-6-12-18-27;1-2/h19-21,25-27H,4-18H2,1-3H3;1-2H3. The van der Waals surface area contributed by atoms with Crippen LogP contribution in [-0.4, -0.2) is 71.7 Å². The van der Waals surface area contributed by atoms with E-state index in [9.17, 15) is 14.4 Å². The molecule has 3 fully saturated rings. The number of amides is 3. The largest absolute Gasteiger partial charge is 0.339 e. The van der Waals surface area contributed by atoms with Gasteiger partial charge in [0, 0.05) is 56.0 Å². The Balaban J connectivity index is 0.00000195. The van der Waals surface area contributed by atoms with Gasteiger partial charge in [-0.2, -0.15) is 0 Å². The molecule has 3 saturated carbocycles. The Morgan fingerprint density at radius 3 is 0.895 bits per heavy atom. The average Bonchev–Trinajstić information content (AvgIpc) is 3.00. The van der Waals surface area contributed by atoms with Gasteiger partial charge in [-0.25, -0.2) is 0 Å². The highest BCUT2D eigenvalue weighted by molar-refractivity contribution is 6.04. The SMILES string of the molecule is CC.CN(C(=O)c1cc(C(=O)N(C)C2CCCCC2)cc(C(=O)N(C)C2CCCCC2)c1)C1CCCCC1. The van der Waals surface area contributed by atoms with Crippen LogP contribution in [0.15, 0.2) is 18.2 Å². The Kier molecular flexibility index (Phi) is 11.7. The number of rotatable bonds is 6. The van der Waals surface area contributed by atoms with Crippen molar-refractivity contribution in [3.8, 4) is 0 Å². The maximum atomic E-state index is 13.6. The second kappa shape index (κ2) is 14.7. The molecular weight excluding hydrogens is 474 g/mol. The molecule has 1 aromatic carbocycles. The Morgan fingerprint density at radius 1 is 0.474 bits per heavy atom. The number of carbonyl (C=O) groups is 3. The smallest absolute Gasteiger partial charge is 0.253 e. The first-order valence-electron chi connectivity index (χ1n) is 15.3. The van der Waals surface area contributed by atoms with Crippen LogP contribution in [0, 0.1) is 0 Å². The molecule has 0 saturated heterocycles.